The summed E-state index contributed by atoms with van der Waals surface area (Å²) in [4.78, 5) is 40.7. The molecule has 7 rings (SSSR count). The van der Waals surface area contributed by atoms with Crippen molar-refractivity contribution >= 4 is 27.4 Å². The Morgan fingerprint density at radius 2 is 1.64 bits per heavy atom. The van der Waals surface area contributed by atoms with E-state index in [-0.39, 0.29) is 84.9 Å². The van der Waals surface area contributed by atoms with E-state index in [1.54, 1.807) is 18.2 Å². The van der Waals surface area contributed by atoms with Crippen molar-refractivity contribution in [3.63, 3.8) is 0 Å². The topological polar surface area (TPSA) is 157 Å². The third-order valence-electron chi connectivity index (χ3n) is 16.4. The maximum Gasteiger partial charge on any atom is 0.414 e. The fourth-order valence-corrected chi connectivity index (χ4v) is 14.2. The number of hydrogen-bond donors (Lipinski definition) is 0. The maximum atomic E-state index is 14.8. The molecule has 0 saturated heterocycles. The SMILES string of the molecule is CC(=O)O[C@H]1CC[C@]2(C)[C@H]3C(=O)C=C4[C@@H]5C[C@@](C)(C(=O)CCCCOc6no[n+]([O-])c6S(=O)(=O)c6ccccc6)CC[C@]5(C)CC[C@@]4(C)[C@]3(C)CC[C@H]2C1(C)C. The number of allylic oxidation sites excluding steroid dienone is 2. The first-order valence-electron chi connectivity index (χ1n) is 20.6. The molecule has 306 valence electrons. The summed E-state index contributed by atoms with van der Waals surface area (Å²) >= 11 is 0. The number of unbranched alkanes of at least 4 members (excludes halogenated alkanes) is 1. The lowest BCUT2D eigenvalue weighted by atomic mass is 9.33. The number of carbonyl (C=O) groups excluding carboxylic acids is 3. The fourth-order valence-electron chi connectivity index (χ4n) is 12.9. The molecule has 0 radical (unpaired) electrons. The molecule has 1 aromatic heterocycles. The van der Waals surface area contributed by atoms with Gasteiger partial charge in [-0.1, -0.05) is 72.2 Å². The number of ether oxygens (including phenoxy) is 2. The van der Waals surface area contributed by atoms with Crippen LogP contribution < -0.4 is 9.64 Å². The van der Waals surface area contributed by atoms with Gasteiger partial charge in [0.2, 0.25) is 0 Å². The second-order valence-corrected chi connectivity index (χ2v) is 21.7. The largest absolute Gasteiger partial charge is 0.462 e. The highest BCUT2D eigenvalue weighted by atomic mass is 32.2. The second kappa shape index (κ2) is 13.8. The fraction of sp³-hybridized carbons (Fsp3) is 0.705. The van der Waals surface area contributed by atoms with Crippen LogP contribution in [-0.2, 0) is 29.0 Å². The zero-order valence-corrected chi connectivity index (χ0v) is 35.3. The molecule has 0 N–H and O–H groups in total. The van der Waals surface area contributed by atoms with Gasteiger partial charge in [0, 0.05) is 30.1 Å². The highest BCUT2D eigenvalue weighted by Crippen LogP contribution is 2.75. The van der Waals surface area contributed by atoms with Gasteiger partial charge in [0.1, 0.15) is 11.9 Å². The van der Waals surface area contributed by atoms with E-state index < -0.39 is 26.2 Å². The third kappa shape index (κ3) is 6.17. The van der Waals surface area contributed by atoms with Gasteiger partial charge in [-0.3, -0.25) is 19.0 Å². The Kier molecular flexibility index (Phi) is 10.0. The van der Waals surface area contributed by atoms with E-state index in [9.17, 15) is 28.0 Å². The van der Waals surface area contributed by atoms with Crippen LogP contribution in [-0.4, -0.2) is 43.8 Å². The van der Waals surface area contributed by atoms with Crippen molar-refractivity contribution in [3.05, 3.63) is 47.2 Å². The molecule has 0 bridgehead atoms. The molecule has 4 saturated carbocycles. The van der Waals surface area contributed by atoms with Crippen molar-refractivity contribution in [2.75, 3.05) is 6.61 Å². The average molecular weight is 793 g/mol. The lowest BCUT2D eigenvalue weighted by Crippen LogP contribution is -2.66. The van der Waals surface area contributed by atoms with E-state index in [0.29, 0.717) is 25.7 Å². The molecule has 0 aliphatic heterocycles. The number of aromatic nitrogens is 2. The Morgan fingerprint density at radius 3 is 2.34 bits per heavy atom. The van der Waals surface area contributed by atoms with Gasteiger partial charge in [-0.05, 0) is 127 Å². The van der Waals surface area contributed by atoms with Gasteiger partial charge in [-0.25, -0.2) is 8.42 Å². The van der Waals surface area contributed by atoms with Crippen molar-refractivity contribution in [1.82, 2.24) is 5.16 Å². The molecule has 56 heavy (non-hydrogen) atoms. The summed E-state index contributed by atoms with van der Waals surface area (Å²) in [6.07, 6.45) is 11.3. The summed E-state index contributed by atoms with van der Waals surface area (Å²) in [5.74, 6) is 0.0671. The number of benzene rings is 1. The van der Waals surface area contributed by atoms with Crippen LogP contribution in [0.4, 0.5) is 0 Å². The number of nitrogens with zero attached hydrogens (tertiary/aromatic N) is 2. The maximum absolute atomic E-state index is 14.8. The summed E-state index contributed by atoms with van der Waals surface area (Å²) < 4.78 is 42.3. The summed E-state index contributed by atoms with van der Waals surface area (Å²) in [5, 5.41) is 15.1. The molecule has 11 nitrogen and oxygen atoms in total. The molecule has 12 heteroatoms. The van der Waals surface area contributed by atoms with Gasteiger partial charge in [0.05, 0.1) is 16.7 Å². The summed E-state index contributed by atoms with van der Waals surface area (Å²) in [5.41, 5.74) is -0.102. The van der Waals surface area contributed by atoms with E-state index >= 15 is 0 Å². The van der Waals surface area contributed by atoms with Crippen molar-refractivity contribution in [2.45, 2.75) is 148 Å². The first kappa shape index (κ1) is 40.6. The lowest BCUT2D eigenvalue weighted by Gasteiger charge is -2.70. The normalized spacial score (nSPS) is 37.6. The predicted molar refractivity (Wildman–Crippen MR) is 207 cm³/mol. The molecule has 1 heterocycles. The Labute approximate surface area is 331 Å². The highest BCUT2D eigenvalue weighted by Gasteiger charge is 2.70. The Hall–Kier alpha value is -3.54. The summed E-state index contributed by atoms with van der Waals surface area (Å²) in [6, 6.07) is 7.55. The molecule has 5 aliphatic carbocycles. The van der Waals surface area contributed by atoms with Crippen LogP contribution in [0.1, 0.15) is 132 Å². The molecular weight excluding hydrogens is 733 g/mol. The minimum Gasteiger partial charge on any atom is -0.462 e. The summed E-state index contributed by atoms with van der Waals surface area (Å²) in [7, 11) is -4.22. The van der Waals surface area contributed by atoms with Crippen LogP contribution >= 0.6 is 0 Å². The third-order valence-corrected chi connectivity index (χ3v) is 18.1. The number of hydrogen-bond acceptors (Lipinski definition) is 10. The van der Waals surface area contributed by atoms with Crippen molar-refractivity contribution in [2.24, 2.45) is 50.2 Å². The van der Waals surface area contributed by atoms with Crippen LogP contribution in [0, 0.1) is 55.5 Å². The lowest BCUT2D eigenvalue weighted by molar-refractivity contribution is -0.832. The molecule has 1 aromatic carbocycles. The first-order valence-corrected chi connectivity index (χ1v) is 22.1. The predicted octanol–water partition coefficient (Wildman–Crippen LogP) is 8.17. The summed E-state index contributed by atoms with van der Waals surface area (Å²) in [6.45, 7) is 17.6. The molecule has 5 aliphatic rings. The Balaban J connectivity index is 1.05. The van der Waals surface area contributed by atoms with Gasteiger partial charge in [0.25, 0.3) is 9.84 Å². The van der Waals surface area contributed by atoms with E-state index in [1.807, 2.05) is 6.08 Å². The van der Waals surface area contributed by atoms with Crippen LogP contribution in [0.2, 0.25) is 0 Å². The van der Waals surface area contributed by atoms with Crippen LogP contribution in [0.5, 0.6) is 5.88 Å². The number of rotatable bonds is 10. The number of esters is 1. The number of fused-ring (bicyclic) bond motifs is 7. The minimum absolute atomic E-state index is 0.0153. The van der Waals surface area contributed by atoms with Crippen molar-refractivity contribution in [1.29, 1.82) is 0 Å². The van der Waals surface area contributed by atoms with Gasteiger partial charge < -0.3 is 14.7 Å². The van der Waals surface area contributed by atoms with Crippen LogP contribution in [0.25, 0.3) is 0 Å². The Bertz CT molecular complexity index is 2040. The molecule has 9 atom stereocenters. The highest BCUT2D eigenvalue weighted by molar-refractivity contribution is 7.91. The molecule has 0 spiro atoms. The zero-order valence-electron chi connectivity index (χ0n) is 34.4. The standard InChI is InChI=1S/C44H60N2O9S/c1-28(47)54-35-18-19-42(6)33(39(35,2)3)17-20-44(8)36(42)32(48)26-30-31-27-41(5,22-21-40(31,4)23-24-43(30,44)7)34(49)16-12-13-25-53-37-38(46(50)55-45-37)56(51,52)29-14-10-9-11-15-29/h9-11,14-15,26,31,33,35-36H,12-13,16-25,27H2,1-8H3/t31-,33-,35-,36+,40+,41-,42-,43+,44+/m0/s1. The average Bonchev–Trinajstić information content (AvgIpc) is 3.51. The Morgan fingerprint density at radius 1 is 0.946 bits per heavy atom. The number of ketones is 2. The molecule has 0 amide bonds. The number of sulfone groups is 1. The molecule has 2 aromatic rings. The second-order valence-electron chi connectivity index (χ2n) is 19.8. The van der Waals surface area contributed by atoms with Gasteiger partial charge in [0.15, 0.2) is 5.78 Å². The van der Waals surface area contributed by atoms with Crippen LogP contribution in [0.3, 0.4) is 0 Å². The van der Waals surface area contributed by atoms with Gasteiger partial charge in [-0.15, -0.1) is 0 Å². The van der Waals surface area contributed by atoms with E-state index in [1.165, 1.54) is 24.6 Å². The smallest absolute Gasteiger partial charge is 0.414 e. The van der Waals surface area contributed by atoms with Gasteiger partial charge in [-0.2, -0.15) is 0 Å². The van der Waals surface area contributed by atoms with E-state index in [0.717, 1.165) is 51.4 Å². The van der Waals surface area contributed by atoms with Crippen LogP contribution in [0.15, 0.2) is 56.5 Å². The number of Topliss-reactive ketones (excluding diaryl/α,β-unsaturated/α-hetero) is 1. The van der Waals surface area contributed by atoms with Crippen molar-refractivity contribution < 1.29 is 41.8 Å². The minimum atomic E-state index is -4.22. The molecule has 0 unspecified atom stereocenters. The van der Waals surface area contributed by atoms with E-state index in [2.05, 4.69) is 58.3 Å². The zero-order chi connectivity index (χ0) is 40.7. The quantitative estimate of drug-likeness (QED) is 0.131. The first-order chi connectivity index (χ1) is 26.1. The number of carbonyl (C=O) groups is 3. The van der Waals surface area contributed by atoms with Gasteiger partial charge >= 0.3 is 16.9 Å². The molecular formula is C44H60N2O9S. The monoisotopic (exact) mass is 792 g/mol. The van der Waals surface area contributed by atoms with Crippen molar-refractivity contribution in [3.8, 4) is 5.88 Å². The molecule has 4 fully saturated rings. The van der Waals surface area contributed by atoms with E-state index in [4.69, 9.17) is 9.47 Å².